The number of alkyl carbamates (subject to hydrolysis) is 2. The van der Waals surface area contributed by atoms with Gasteiger partial charge >= 0.3 is 24.1 Å². The van der Waals surface area contributed by atoms with Crippen LogP contribution in [0.15, 0.2) is 60.7 Å². The molecule has 0 bridgehead atoms. The van der Waals surface area contributed by atoms with Crippen LogP contribution in [0.25, 0.3) is 0 Å². The molecule has 0 aromatic heterocycles. The highest BCUT2D eigenvalue weighted by atomic mass is 16.6. The number of hydrogen-bond donors (Lipinski definition) is 4. The lowest BCUT2D eigenvalue weighted by atomic mass is 10.1. The summed E-state index contributed by atoms with van der Waals surface area (Å²) in [6.45, 7) is 0.448. The predicted octanol–water partition coefficient (Wildman–Crippen LogP) is 4.33. The first kappa shape index (κ1) is 28.5. The third kappa shape index (κ3) is 9.76. The van der Waals surface area contributed by atoms with E-state index in [2.05, 4.69) is 10.6 Å². The van der Waals surface area contributed by atoms with Gasteiger partial charge in [0.25, 0.3) is 0 Å². The van der Waals surface area contributed by atoms with Crippen LogP contribution in [0.1, 0.15) is 49.7 Å². The van der Waals surface area contributed by atoms with Gasteiger partial charge in [-0.1, -0.05) is 60.7 Å². The van der Waals surface area contributed by atoms with Crippen molar-refractivity contribution in [3.8, 4) is 0 Å². The molecule has 204 valence electrons. The summed E-state index contributed by atoms with van der Waals surface area (Å²) in [5, 5.41) is 23.2. The van der Waals surface area contributed by atoms with Gasteiger partial charge in [0.05, 0.1) is 11.8 Å². The van der Waals surface area contributed by atoms with Gasteiger partial charge in [-0.2, -0.15) is 0 Å². The van der Waals surface area contributed by atoms with Crippen LogP contribution in [-0.4, -0.2) is 46.4 Å². The third-order valence-corrected chi connectivity index (χ3v) is 6.63. The molecule has 2 fully saturated rings. The minimum absolute atomic E-state index is 0.0932. The normalized spacial score (nSPS) is 21.9. The van der Waals surface area contributed by atoms with Crippen molar-refractivity contribution < 1.29 is 38.9 Å². The summed E-state index contributed by atoms with van der Waals surface area (Å²) < 4.78 is 10.2. The molecule has 0 spiro atoms. The quantitative estimate of drug-likeness (QED) is 0.397. The minimum atomic E-state index is -0.790. The van der Waals surface area contributed by atoms with Crippen molar-refractivity contribution in [2.45, 2.75) is 63.8 Å². The number of amides is 2. The van der Waals surface area contributed by atoms with Crippen LogP contribution in [-0.2, 0) is 32.3 Å². The minimum Gasteiger partial charge on any atom is -0.481 e. The molecule has 4 N–H and O–H groups in total. The number of carboxylic acids is 2. The fourth-order valence-electron chi connectivity index (χ4n) is 4.54. The zero-order valence-electron chi connectivity index (χ0n) is 21.1. The van der Waals surface area contributed by atoms with E-state index in [0.717, 1.165) is 11.1 Å². The molecule has 2 aliphatic rings. The lowest BCUT2D eigenvalue weighted by Gasteiger charge is -2.12. The van der Waals surface area contributed by atoms with E-state index in [1.54, 1.807) is 0 Å². The predicted molar refractivity (Wildman–Crippen MR) is 137 cm³/mol. The zero-order chi connectivity index (χ0) is 27.3. The van der Waals surface area contributed by atoms with Crippen molar-refractivity contribution in [1.29, 1.82) is 0 Å². The SMILES string of the molecule is O=C(N[C@@H]1CC[C@H](C(=O)O)C1)OCc1ccccc1.O=C(N[C@H]1CC[C@@H](C(=O)O)C1)OCc1ccccc1. The average molecular weight is 527 g/mol. The number of aliphatic carboxylic acids is 2. The molecule has 2 saturated carbocycles. The molecule has 4 rings (SSSR count). The van der Waals surface area contributed by atoms with E-state index in [4.69, 9.17) is 19.7 Å². The fraction of sp³-hybridized carbons (Fsp3) is 0.429. The molecule has 2 aromatic rings. The second-order valence-electron chi connectivity index (χ2n) is 9.50. The molecule has 0 aliphatic heterocycles. The van der Waals surface area contributed by atoms with E-state index in [-0.39, 0.29) is 37.1 Å². The van der Waals surface area contributed by atoms with Crippen LogP contribution in [0.4, 0.5) is 9.59 Å². The first-order valence-corrected chi connectivity index (χ1v) is 12.7. The van der Waals surface area contributed by atoms with Gasteiger partial charge in [0.15, 0.2) is 0 Å². The van der Waals surface area contributed by atoms with Gasteiger partial charge in [0, 0.05) is 12.1 Å². The molecule has 10 heteroatoms. The molecule has 38 heavy (non-hydrogen) atoms. The first-order chi connectivity index (χ1) is 18.3. The highest BCUT2D eigenvalue weighted by molar-refractivity contribution is 5.72. The summed E-state index contributed by atoms with van der Waals surface area (Å²) in [6, 6.07) is 18.6. The van der Waals surface area contributed by atoms with E-state index >= 15 is 0 Å². The number of carbonyl (C=O) groups is 4. The Morgan fingerprint density at radius 2 is 1.00 bits per heavy atom. The summed E-state index contributed by atoms with van der Waals surface area (Å²) in [4.78, 5) is 44.7. The van der Waals surface area contributed by atoms with Gasteiger partial charge in [0.2, 0.25) is 0 Å². The molecule has 0 radical (unpaired) electrons. The summed E-state index contributed by atoms with van der Waals surface area (Å²) in [5.41, 5.74) is 1.85. The van der Waals surface area contributed by atoms with Gasteiger partial charge in [-0.3, -0.25) is 9.59 Å². The smallest absolute Gasteiger partial charge is 0.407 e. The van der Waals surface area contributed by atoms with Crippen molar-refractivity contribution in [2.24, 2.45) is 11.8 Å². The van der Waals surface area contributed by atoms with E-state index in [1.165, 1.54) is 0 Å². The molecule has 0 saturated heterocycles. The van der Waals surface area contributed by atoms with Gasteiger partial charge < -0.3 is 30.3 Å². The third-order valence-electron chi connectivity index (χ3n) is 6.63. The second-order valence-corrected chi connectivity index (χ2v) is 9.50. The second kappa shape index (κ2) is 14.6. The number of ether oxygens (including phenoxy) is 2. The fourth-order valence-corrected chi connectivity index (χ4v) is 4.54. The Labute approximate surface area is 221 Å². The van der Waals surface area contributed by atoms with Crippen LogP contribution in [0, 0.1) is 11.8 Å². The maximum absolute atomic E-state index is 11.6. The molecule has 0 unspecified atom stereocenters. The van der Waals surface area contributed by atoms with Gasteiger partial charge in [-0.05, 0) is 49.7 Å². The Morgan fingerprint density at radius 1 is 0.632 bits per heavy atom. The monoisotopic (exact) mass is 526 g/mol. The number of hydrogen-bond acceptors (Lipinski definition) is 6. The summed E-state index contributed by atoms with van der Waals surface area (Å²) in [7, 11) is 0. The van der Waals surface area contributed by atoms with Crippen molar-refractivity contribution in [2.75, 3.05) is 0 Å². The number of carbonyl (C=O) groups excluding carboxylic acids is 2. The highest BCUT2D eigenvalue weighted by Crippen LogP contribution is 2.26. The Hall–Kier alpha value is -4.08. The summed E-state index contributed by atoms with van der Waals surface area (Å²) in [5.74, 6) is -2.28. The molecule has 2 aromatic carbocycles. The summed E-state index contributed by atoms with van der Waals surface area (Å²) in [6.07, 6.45) is 2.60. The zero-order valence-corrected chi connectivity index (χ0v) is 21.1. The topological polar surface area (TPSA) is 151 Å². The molecule has 0 heterocycles. The van der Waals surface area contributed by atoms with Crippen LogP contribution in [0.3, 0.4) is 0 Å². The number of rotatable bonds is 8. The number of carboxylic acid groups (broad SMARTS) is 2. The van der Waals surface area contributed by atoms with E-state index in [9.17, 15) is 19.2 Å². The Morgan fingerprint density at radius 3 is 1.32 bits per heavy atom. The van der Waals surface area contributed by atoms with Crippen molar-refractivity contribution in [3.63, 3.8) is 0 Å². The largest absolute Gasteiger partial charge is 0.481 e. The van der Waals surface area contributed by atoms with Crippen molar-refractivity contribution in [3.05, 3.63) is 71.8 Å². The van der Waals surface area contributed by atoms with Crippen LogP contribution < -0.4 is 10.6 Å². The molecular formula is C28H34N2O8. The van der Waals surface area contributed by atoms with Crippen LogP contribution in [0.5, 0.6) is 0 Å². The van der Waals surface area contributed by atoms with Crippen LogP contribution >= 0.6 is 0 Å². The standard InChI is InChI=1S/2C14H17NO4/c2*16-13(17)11-6-7-12(8-11)15-14(18)19-9-10-4-2-1-3-5-10/h2*1-5,11-12H,6-9H2,(H,15,18)(H,16,17)/t2*11-,12+/m10/s1. The Kier molecular flexibility index (Phi) is 11.0. The first-order valence-electron chi connectivity index (χ1n) is 12.7. The van der Waals surface area contributed by atoms with Crippen LogP contribution in [0.2, 0.25) is 0 Å². The Bertz CT molecular complexity index is 978. The molecular weight excluding hydrogens is 492 g/mol. The highest BCUT2D eigenvalue weighted by Gasteiger charge is 2.31. The number of nitrogens with one attached hydrogen (secondary N) is 2. The van der Waals surface area contributed by atoms with Gasteiger partial charge in [-0.25, -0.2) is 9.59 Å². The van der Waals surface area contributed by atoms with Gasteiger partial charge in [0.1, 0.15) is 13.2 Å². The lowest BCUT2D eigenvalue weighted by molar-refractivity contribution is -0.142. The van der Waals surface area contributed by atoms with E-state index < -0.39 is 24.1 Å². The number of benzene rings is 2. The Balaban J connectivity index is 0.000000211. The lowest BCUT2D eigenvalue weighted by Crippen LogP contribution is -2.33. The molecule has 2 aliphatic carbocycles. The van der Waals surface area contributed by atoms with Gasteiger partial charge in [-0.15, -0.1) is 0 Å². The maximum atomic E-state index is 11.6. The maximum Gasteiger partial charge on any atom is 0.407 e. The average Bonchev–Trinajstić information content (AvgIpc) is 3.58. The molecule has 10 nitrogen and oxygen atoms in total. The van der Waals surface area contributed by atoms with E-state index in [0.29, 0.717) is 38.5 Å². The summed E-state index contributed by atoms with van der Waals surface area (Å²) >= 11 is 0. The van der Waals surface area contributed by atoms with Crippen molar-refractivity contribution in [1.82, 2.24) is 10.6 Å². The molecule has 4 atom stereocenters. The molecule has 2 amide bonds. The van der Waals surface area contributed by atoms with Crippen molar-refractivity contribution >= 4 is 24.1 Å². The van der Waals surface area contributed by atoms with E-state index in [1.807, 2.05) is 60.7 Å².